The number of thiophene rings is 1. The van der Waals surface area contributed by atoms with E-state index in [9.17, 15) is 0 Å². The lowest BCUT2D eigenvalue weighted by Gasteiger charge is -2.13. The highest BCUT2D eigenvalue weighted by Crippen LogP contribution is 2.41. The van der Waals surface area contributed by atoms with Gasteiger partial charge in [0.1, 0.15) is 0 Å². The normalized spacial score (nSPS) is 16.0. The molecule has 20 heavy (non-hydrogen) atoms. The van der Waals surface area contributed by atoms with Crippen LogP contribution in [0.1, 0.15) is 37.4 Å². The third kappa shape index (κ3) is 2.83. The summed E-state index contributed by atoms with van der Waals surface area (Å²) in [5, 5.41) is -0.0256. The molecule has 2 heterocycles. The van der Waals surface area contributed by atoms with Gasteiger partial charge in [0.15, 0.2) is 0 Å². The van der Waals surface area contributed by atoms with Crippen LogP contribution in [-0.4, -0.2) is 5.75 Å². The lowest BCUT2D eigenvalue weighted by molar-refractivity contribution is 1.12. The third-order valence-corrected chi connectivity index (χ3v) is 7.48. The first-order valence-electron chi connectivity index (χ1n) is 6.66. The van der Waals surface area contributed by atoms with Gasteiger partial charge >= 0.3 is 0 Å². The summed E-state index contributed by atoms with van der Waals surface area (Å²) in [6.45, 7) is 4.25. The molecule has 0 nitrogen and oxygen atoms in total. The topological polar surface area (TPSA) is 0 Å². The van der Waals surface area contributed by atoms with Crippen LogP contribution < -0.4 is 0 Å². The van der Waals surface area contributed by atoms with Crippen LogP contribution in [0, 0.1) is 13.8 Å². The van der Waals surface area contributed by atoms with E-state index >= 15 is 0 Å². The molecular weight excluding hydrogens is 372 g/mol. The Kier molecular flexibility index (Phi) is 4.51. The first-order valence-corrected chi connectivity index (χ1v) is 9.86. The predicted molar refractivity (Wildman–Crippen MR) is 95.5 cm³/mol. The van der Waals surface area contributed by atoms with Gasteiger partial charge in [0, 0.05) is 20.0 Å². The molecule has 0 bridgehead atoms. The van der Waals surface area contributed by atoms with Gasteiger partial charge in [0.2, 0.25) is 0 Å². The Bertz CT molecular complexity index is 625. The fraction of sp³-hybridized carbons (Fsp3) is 0.375. The maximum absolute atomic E-state index is 6.77. The maximum atomic E-state index is 6.77. The SMILES string of the molecule is Cc1cc(C(Cl)c2cc3c(s2)CCSC3)c(C)cc1Br. The monoisotopic (exact) mass is 386 g/mol. The Morgan fingerprint density at radius 3 is 2.75 bits per heavy atom. The summed E-state index contributed by atoms with van der Waals surface area (Å²) in [5.74, 6) is 2.39. The van der Waals surface area contributed by atoms with Gasteiger partial charge in [-0.2, -0.15) is 11.8 Å². The quantitative estimate of drug-likeness (QED) is 0.549. The number of benzene rings is 1. The minimum absolute atomic E-state index is 0.0256. The van der Waals surface area contributed by atoms with Crippen molar-refractivity contribution in [2.45, 2.75) is 31.4 Å². The van der Waals surface area contributed by atoms with E-state index < -0.39 is 0 Å². The van der Waals surface area contributed by atoms with Gasteiger partial charge in [-0.15, -0.1) is 22.9 Å². The average molecular weight is 388 g/mol. The highest BCUT2D eigenvalue weighted by atomic mass is 79.9. The molecule has 1 aromatic heterocycles. The summed E-state index contributed by atoms with van der Waals surface area (Å²) < 4.78 is 1.16. The van der Waals surface area contributed by atoms with Crippen LogP contribution in [0.5, 0.6) is 0 Å². The molecule has 1 aliphatic heterocycles. The van der Waals surface area contributed by atoms with Crippen molar-refractivity contribution in [1.82, 2.24) is 0 Å². The van der Waals surface area contributed by atoms with Gasteiger partial charge in [-0.25, -0.2) is 0 Å². The highest BCUT2D eigenvalue weighted by Gasteiger charge is 2.20. The second kappa shape index (κ2) is 6.04. The number of aryl methyl sites for hydroxylation is 3. The van der Waals surface area contributed by atoms with Gasteiger partial charge in [-0.3, -0.25) is 0 Å². The minimum Gasteiger partial charge on any atom is -0.157 e. The number of alkyl halides is 1. The Balaban J connectivity index is 1.98. The highest BCUT2D eigenvalue weighted by molar-refractivity contribution is 9.10. The Hall–Kier alpha value is 0.0400. The van der Waals surface area contributed by atoms with E-state index in [-0.39, 0.29) is 5.38 Å². The summed E-state index contributed by atoms with van der Waals surface area (Å²) in [4.78, 5) is 2.83. The maximum Gasteiger partial charge on any atom is 0.0930 e. The fourth-order valence-electron chi connectivity index (χ4n) is 2.52. The molecule has 0 aliphatic carbocycles. The molecule has 1 aliphatic rings. The van der Waals surface area contributed by atoms with Crippen LogP contribution in [0.4, 0.5) is 0 Å². The van der Waals surface area contributed by atoms with Gasteiger partial charge in [0.25, 0.3) is 0 Å². The van der Waals surface area contributed by atoms with Gasteiger partial charge in [-0.05, 0) is 60.4 Å². The zero-order valence-corrected chi connectivity index (χ0v) is 15.5. The van der Waals surface area contributed by atoms with Crippen molar-refractivity contribution in [2.75, 3.05) is 5.75 Å². The van der Waals surface area contributed by atoms with Gasteiger partial charge in [0.05, 0.1) is 5.38 Å². The molecule has 0 radical (unpaired) electrons. The van der Waals surface area contributed by atoms with Crippen LogP contribution in [0.2, 0.25) is 0 Å². The van der Waals surface area contributed by atoms with E-state index in [1.165, 1.54) is 44.2 Å². The van der Waals surface area contributed by atoms with Crippen LogP contribution >= 0.6 is 50.6 Å². The van der Waals surface area contributed by atoms with Crippen molar-refractivity contribution in [2.24, 2.45) is 0 Å². The van der Waals surface area contributed by atoms with Crippen LogP contribution in [0.25, 0.3) is 0 Å². The zero-order valence-electron chi connectivity index (χ0n) is 11.5. The van der Waals surface area contributed by atoms with Crippen LogP contribution in [-0.2, 0) is 12.2 Å². The molecule has 2 aromatic rings. The molecule has 3 rings (SSSR count). The van der Waals surface area contributed by atoms with Crippen molar-refractivity contribution in [3.8, 4) is 0 Å². The number of hydrogen-bond donors (Lipinski definition) is 0. The van der Waals surface area contributed by atoms with E-state index in [4.69, 9.17) is 11.6 Å². The summed E-state index contributed by atoms with van der Waals surface area (Å²) in [6, 6.07) is 6.70. The Labute approximate surface area is 142 Å². The van der Waals surface area contributed by atoms with Crippen molar-refractivity contribution in [3.05, 3.63) is 54.7 Å². The second-order valence-electron chi connectivity index (χ2n) is 5.22. The lowest BCUT2D eigenvalue weighted by atomic mass is 10.0. The third-order valence-electron chi connectivity index (χ3n) is 3.72. The molecule has 1 aromatic carbocycles. The molecule has 0 spiro atoms. The molecule has 4 heteroatoms. The van der Waals surface area contributed by atoms with Crippen LogP contribution in [0.15, 0.2) is 22.7 Å². The van der Waals surface area contributed by atoms with E-state index in [2.05, 4.69) is 48.0 Å². The van der Waals surface area contributed by atoms with Crippen molar-refractivity contribution in [3.63, 3.8) is 0 Å². The van der Waals surface area contributed by atoms with E-state index in [0.717, 1.165) is 10.2 Å². The molecule has 1 atom stereocenters. The molecule has 1 unspecified atom stereocenters. The van der Waals surface area contributed by atoms with Crippen molar-refractivity contribution < 1.29 is 0 Å². The fourth-order valence-corrected chi connectivity index (χ4v) is 5.79. The molecule has 0 amide bonds. The number of fused-ring (bicyclic) bond motifs is 1. The Morgan fingerprint density at radius 1 is 1.20 bits per heavy atom. The molecule has 0 N–H and O–H groups in total. The number of hydrogen-bond acceptors (Lipinski definition) is 2. The first kappa shape index (κ1) is 15.0. The van der Waals surface area contributed by atoms with E-state index in [0.29, 0.717) is 0 Å². The molecule has 0 saturated carbocycles. The zero-order chi connectivity index (χ0) is 14.3. The van der Waals surface area contributed by atoms with Gasteiger partial charge in [-0.1, -0.05) is 22.0 Å². The first-order chi connectivity index (χ1) is 9.56. The van der Waals surface area contributed by atoms with Crippen molar-refractivity contribution >= 4 is 50.6 Å². The molecule has 0 fully saturated rings. The summed E-state index contributed by atoms with van der Waals surface area (Å²) in [5.41, 5.74) is 5.23. The number of rotatable bonds is 2. The van der Waals surface area contributed by atoms with E-state index in [1.807, 2.05) is 23.1 Å². The van der Waals surface area contributed by atoms with E-state index in [1.54, 1.807) is 0 Å². The molecular formula is C16H16BrClS2. The predicted octanol–water partition coefficient (Wildman–Crippen LogP) is 6.24. The standard InChI is InChI=1S/C16H16BrClS2/c1-9-6-13(17)10(2)5-12(9)16(18)15-7-11-8-19-4-3-14(11)20-15/h5-7,16H,3-4,8H2,1-2H3. The lowest BCUT2D eigenvalue weighted by Crippen LogP contribution is -1.96. The van der Waals surface area contributed by atoms with Crippen molar-refractivity contribution in [1.29, 1.82) is 0 Å². The Morgan fingerprint density at radius 2 is 2.00 bits per heavy atom. The second-order valence-corrected chi connectivity index (χ2v) is 8.78. The smallest absolute Gasteiger partial charge is 0.0930 e. The molecule has 0 saturated heterocycles. The minimum atomic E-state index is -0.0256. The summed E-state index contributed by atoms with van der Waals surface area (Å²) in [7, 11) is 0. The number of thioether (sulfide) groups is 1. The summed E-state index contributed by atoms with van der Waals surface area (Å²) in [6.07, 6.45) is 1.20. The number of halogens is 2. The largest absolute Gasteiger partial charge is 0.157 e. The molecule has 106 valence electrons. The van der Waals surface area contributed by atoms with Crippen LogP contribution in [0.3, 0.4) is 0 Å². The summed E-state index contributed by atoms with van der Waals surface area (Å²) >= 11 is 14.3. The van der Waals surface area contributed by atoms with Gasteiger partial charge < -0.3 is 0 Å². The average Bonchev–Trinajstić information content (AvgIpc) is 2.86.